The van der Waals surface area contributed by atoms with Gasteiger partial charge in [0.05, 0.1) is 22.9 Å². The zero-order chi connectivity index (χ0) is 30.5. The van der Waals surface area contributed by atoms with E-state index in [1.165, 1.54) is 16.0 Å². The molecule has 5 rings (SSSR count). The van der Waals surface area contributed by atoms with Crippen molar-refractivity contribution in [2.45, 2.75) is 76.0 Å². The van der Waals surface area contributed by atoms with Crippen LogP contribution in [0, 0.1) is 6.92 Å². The van der Waals surface area contributed by atoms with E-state index >= 15 is 0 Å². The molecular formula is C33H43N7O2S. The zero-order valence-electron chi connectivity index (χ0n) is 25.7. The van der Waals surface area contributed by atoms with E-state index < -0.39 is 0 Å². The second-order valence-electron chi connectivity index (χ2n) is 11.8. The Bertz CT molecular complexity index is 1560. The minimum Gasteiger partial charge on any atom is -0.489 e. The van der Waals surface area contributed by atoms with Gasteiger partial charge in [-0.2, -0.15) is 9.97 Å². The van der Waals surface area contributed by atoms with Crippen molar-refractivity contribution in [1.82, 2.24) is 19.9 Å². The average Bonchev–Trinajstić information content (AvgIpc) is 3.43. The molecule has 2 aromatic heterocycles. The Morgan fingerprint density at radius 2 is 1.86 bits per heavy atom. The summed E-state index contributed by atoms with van der Waals surface area (Å²) in [6.45, 7) is 13.3. The number of ether oxygens (including phenoxy) is 1. The van der Waals surface area contributed by atoms with E-state index in [0.29, 0.717) is 23.5 Å². The number of anilines is 4. The molecule has 0 atom stereocenters. The van der Waals surface area contributed by atoms with E-state index in [2.05, 4.69) is 71.6 Å². The van der Waals surface area contributed by atoms with Gasteiger partial charge in [0, 0.05) is 29.3 Å². The molecule has 1 saturated heterocycles. The number of likely N-dealkylation sites (tertiary alicyclic amines) is 1. The van der Waals surface area contributed by atoms with Crippen LogP contribution in [0.25, 0.3) is 11.0 Å². The topological polar surface area (TPSA) is 121 Å². The predicted molar refractivity (Wildman–Crippen MR) is 177 cm³/mol. The first kappa shape index (κ1) is 30.7. The highest BCUT2D eigenvalue weighted by atomic mass is 32.2. The molecule has 2 aromatic carbocycles. The molecule has 3 heterocycles. The number of aryl methyl sites for hydroxylation is 1. The van der Waals surface area contributed by atoms with Crippen molar-refractivity contribution in [2.75, 3.05) is 30.3 Å². The fourth-order valence-electron chi connectivity index (χ4n) is 5.60. The van der Waals surface area contributed by atoms with E-state index in [4.69, 9.17) is 20.4 Å². The summed E-state index contributed by atoms with van der Waals surface area (Å²) in [5, 5.41) is 8.42. The largest absolute Gasteiger partial charge is 0.489 e. The molecular weight excluding hydrogens is 558 g/mol. The third-order valence-electron chi connectivity index (χ3n) is 7.60. The number of hydrogen-bond acceptors (Lipinski definition) is 8. The number of aromatic amines is 1. The summed E-state index contributed by atoms with van der Waals surface area (Å²) in [5.41, 5.74) is 10.5. The maximum absolute atomic E-state index is 11.2. The molecule has 0 aliphatic carbocycles. The van der Waals surface area contributed by atoms with Crippen molar-refractivity contribution in [3.63, 3.8) is 0 Å². The van der Waals surface area contributed by atoms with E-state index in [1.54, 1.807) is 0 Å². The van der Waals surface area contributed by atoms with Gasteiger partial charge in [-0.05, 0) is 94.1 Å². The number of aromatic nitrogens is 3. The molecule has 43 heavy (non-hydrogen) atoms. The Hall–Kier alpha value is -3.76. The zero-order valence-corrected chi connectivity index (χ0v) is 26.6. The molecule has 1 amide bonds. The number of amides is 1. The molecule has 1 fully saturated rings. The van der Waals surface area contributed by atoms with Gasteiger partial charge >= 0.3 is 0 Å². The van der Waals surface area contributed by atoms with Crippen LogP contribution in [-0.2, 0) is 4.79 Å². The van der Waals surface area contributed by atoms with Crippen LogP contribution in [0.2, 0.25) is 0 Å². The first-order valence-corrected chi connectivity index (χ1v) is 16.0. The van der Waals surface area contributed by atoms with E-state index in [-0.39, 0.29) is 12.0 Å². The Morgan fingerprint density at radius 1 is 1.09 bits per heavy atom. The number of rotatable bonds is 12. The second-order valence-corrected chi connectivity index (χ2v) is 13.4. The van der Waals surface area contributed by atoms with Gasteiger partial charge in [0.15, 0.2) is 0 Å². The number of piperidine rings is 1. The molecule has 0 unspecified atom stereocenters. The number of nitrogens with zero attached hydrogens (tertiary/aromatic N) is 3. The number of hydrogen-bond donors (Lipinski definition) is 4. The lowest BCUT2D eigenvalue weighted by molar-refractivity contribution is -0.118. The summed E-state index contributed by atoms with van der Waals surface area (Å²) in [7, 11) is 0. The Morgan fingerprint density at radius 3 is 2.58 bits per heavy atom. The lowest BCUT2D eigenvalue weighted by Gasteiger charge is -2.33. The van der Waals surface area contributed by atoms with Gasteiger partial charge in [-0.3, -0.25) is 4.79 Å². The lowest BCUT2D eigenvalue weighted by atomic mass is 9.86. The number of para-hydroxylation sites is 1. The number of primary amides is 1. The highest BCUT2D eigenvalue weighted by Crippen LogP contribution is 2.39. The van der Waals surface area contributed by atoms with Crippen molar-refractivity contribution in [3.05, 3.63) is 59.8 Å². The maximum Gasteiger partial charge on any atom is 0.231 e. The lowest BCUT2D eigenvalue weighted by Crippen LogP contribution is -2.35. The van der Waals surface area contributed by atoms with Crippen LogP contribution in [0.4, 0.5) is 23.1 Å². The van der Waals surface area contributed by atoms with Gasteiger partial charge in [0.1, 0.15) is 17.2 Å². The van der Waals surface area contributed by atoms with Crippen molar-refractivity contribution in [2.24, 2.45) is 5.73 Å². The number of H-pyrrole nitrogens is 1. The van der Waals surface area contributed by atoms with Crippen LogP contribution in [0.15, 0.2) is 53.6 Å². The molecule has 10 heteroatoms. The number of carbonyl (C=O) groups excluding carboxylic acids is 1. The number of fused-ring (bicyclic) bond motifs is 1. The van der Waals surface area contributed by atoms with Crippen molar-refractivity contribution < 1.29 is 9.53 Å². The van der Waals surface area contributed by atoms with Crippen LogP contribution in [0.5, 0.6) is 5.75 Å². The number of nitrogens with two attached hydrogens (primary N) is 1. The summed E-state index contributed by atoms with van der Waals surface area (Å²) in [5.74, 6) is 2.19. The number of carbonyl (C=O) groups is 1. The van der Waals surface area contributed by atoms with Gasteiger partial charge < -0.3 is 31.0 Å². The van der Waals surface area contributed by atoms with Gasteiger partial charge in [0.25, 0.3) is 0 Å². The number of nitrogens with one attached hydrogen (secondary N) is 3. The fourth-order valence-corrected chi connectivity index (χ4v) is 6.51. The second kappa shape index (κ2) is 13.7. The summed E-state index contributed by atoms with van der Waals surface area (Å²) >= 11 is 1.82. The molecule has 1 aliphatic rings. The van der Waals surface area contributed by atoms with E-state index in [0.717, 1.165) is 66.5 Å². The molecule has 0 saturated carbocycles. The SMILES string of the molecule is Cc1cc(Nc2nc(Nc3ccccc3SC(C)C)c3cc[nH]c3n2)c(OC(C)C)cc1C1CCN(CCC(N)=O)CC1. The van der Waals surface area contributed by atoms with Crippen LogP contribution in [0.3, 0.4) is 0 Å². The first-order chi connectivity index (χ1) is 20.7. The fraction of sp³-hybridized carbons (Fsp3) is 0.424. The first-order valence-electron chi connectivity index (χ1n) is 15.1. The molecule has 1 aliphatic heterocycles. The van der Waals surface area contributed by atoms with Crippen molar-refractivity contribution >= 4 is 51.8 Å². The summed E-state index contributed by atoms with van der Waals surface area (Å²) in [6, 6.07) is 14.6. The molecule has 9 nitrogen and oxygen atoms in total. The summed E-state index contributed by atoms with van der Waals surface area (Å²) in [6.07, 6.45) is 4.37. The molecule has 0 bridgehead atoms. The minimum atomic E-state index is -0.242. The minimum absolute atomic E-state index is 0.00532. The third-order valence-corrected chi connectivity index (χ3v) is 8.68. The number of thioether (sulfide) groups is 1. The van der Waals surface area contributed by atoms with Gasteiger partial charge in [0.2, 0.25) is 11.9 Å². The predicted octanol–water partition coefficient (Wildman–Crippen LogP) is 7.10. The summed E-state index contributed by atoms with van der Waals surface area (Å²) < 4.78 is 6.34. The van der Waals surface area contributed by atoms with Crippen molar-refractivity contribution in [1.29, 1.82) is 0 Å². The van der Waals surface area contributed by atoms with E-state index in [9.17, 15) is 4.79 Å². The monoisotopic (exact) mass is 601 g/mol. The third kappa shape index (κ3) is 7.80. The van der Waals surface area contributed by atoms with Gasteiger partial charge in [-0.1, -0.05) is 26.0 Å². The highest BCUT2D eigenvalue weighted by Gasteiger charge is 2.24. The normalized spacial score (nSPS) is 14.5. The van der Waals surface area contributed by atoms with Crippen molar-refractivity contribution in [3.8, 4) is 5.75 Å². The van der Waals surface area contributed by atoms with Gasteiger partial charge in [-0.15, -0.1) is 11.8 Å². The molecule has 0 spiro atoms. The summed E-state index contributed by atoms with van der Waals surface area (Å²) in [4.78, 5) is 27.7. The molecule has 228 valence electrons. The Labute approximate surface area is 258 Å². The molecule has 0 radical (unpaired) electrons. The van der Waals surface area contributed by atoms with Gasteiger partial charge in [-0.25, -0.2) is 0 Å². The smallest absolute Gasteiger partial charge is 0.231 e. The Kier molecular flexibility index (Phi) is 9.77. The Balaban J connectivity index is 1.41. The standard InChI is InChI=1S/C33H43N7O2S/c1-20(2)42-28-19-25(23-11-15-40(16-12-23)17-13-30(34)41)22(5)18-27(28)37-33-38-31-24(10-14-35-31)32(39-33)36-26-8-6-7-9-29(26)43-21(3)4/h6-10,14,18-21,23H,11-13,15-17H2,1-5H3,(H2,34,41)(H3,35,36,37,38,39). The number of benzene rings is 2. The van der Waals surface area contributed by atoms with Crippen LogP contribution < -0.4 is 21.1 Å². The van der Waals surface area contributed by atoms with Crippen LogP contribution >= 0.6 is 11.8 Å². The maximum atomic E-state index is 11.2. The average molecular weight is 602 g/mol. The molecule has 5 N–H and O–H groups in total. The van der Waals surface area contributed by atoms with Crippen LogP contribution in [0.1, 0.15) is 64.0 Å². The van der Waals surface area contributed by atoms with E-state index in [1.807, 2.05) is 43.9 Å². The molecule has 4 aromatic rings. The van der Waals surface area contributed by atoms with Crippen LogP contribution in [-0.4, -0.2) is 56.7 Å². The highest BCUT2D eigenvalue weighted by molar-refractivity contribution is 8.00. The quantitative estimate of drug-likeness (QED) is 0.127.